The highest BCUT2D eigenvalue weighted by atomic mass is 19.1. The SMILES string of the molecule is O=CN1CCC(N(c2ccc(F)cc2)c2ccc(F)cc2)CC1. The summed E-state index contributed by atoms with van der Waals surface area (Å²) in [7, 11) is 0. The average molecular weight is 316 g/mol. The molecule has 5 heteroatoms. The van der Waals surface area contributed by atoms with E-state index in [1.54, 1.807) is 29.2 Å². The van der Waals surface area contributed by atoms with Crippen molar-refractivity contribution >= 4 is 17.8 Å². The standard InChI is InChI=1S/C18H18F2N2O/c19-14-1-5-16(6-2-14)22(17-7-3-15(20)4-8-17)18-9-11-21(13-23)12-10-18/h1-8,13,18H,9-12H2. The van der Waals surface area contributed by atoms with Gasteiger partial charge in [-0.25, -0.2) is 8.78 Å². The number of carbonyl (C=O) groups excluding carboxylic acids is 1. The maximum Gasteiger partial charge on any atom is 0.209 e. The van der Waals surface area contributed by atoms with Gasteiger partial charge in [0.05, 0.1) is 0 Å². The van der Waals surface area contributed by atoms with E-state index in [9.17, 15) is 13.6 Å². The van der Waals surface area contributed by atoms with E-state index >= 15 is 0 Å². The summed E-state index contributed by atoms with van der Waals surface area (Å²) < 4.78 is 26.5. The molecule has 1 aliphatic rings. The van der Waals surface area contributed by atoms with Gasteiger partial charge < -0.3 is 9.80 Å². The highest BCUT2D eigenvalue weighted by Gasteiger charge is 2.25. The molecule has 1 saturated heterocycles. The van der Waals surface area contributed by atoms with Crippen LogP contribution in [-0.4, -0.2) is 30.4 Å². The Kier molecular flexibility index (Phi) is 4.55. The van der Waals surface area contributed by atoms with E-state index in [1.807, 2.05) is 0 Å². The second-order valence-corrected chi connectivity index (χ2v) is 5.70. The van der Waals surface area contributed by atoms with Crippen molar-refractivity contribution in [3.05, 3.63) is 60.2 Å². The molecule has 2 aromatic rings. The van der Waals surface area contributed by atoms with Crippen LogP contribution in [0.1, 0.15) is 12.8 Å². The van der Waals surface area contributed by atoms with Crippen molar-refractivity contribution in [2.45, 2.75) is 18.9 Å². The van der Waals surface area contributed by atoms with Gasteiger partial charge in [0, 0.05) is 30.5 Å². The van der Waals surface area contributed by atoms with E-state index in [-0.39, 0.29) is 17.7 Å². The summed E-state index contributed by atoms with van der Waals surface area (Å²) in [6.45, 7) is 1.38. The minimum absolute atomic E-state index is 0.183. The van der Waals surface area contributed by atoms with E-state index in [4.69, 9.17) is 0 Å². The number of amides is 1. The molecule has 0 aliphatic carbocycles. The Labute approximate surface area is 134 Å². The molecule has 2 aromatic carbocycles. The van der Waals surface area contributed by atoms with Gasteiger partial charge in [0.25, 0.3) is 0 Å². The van der Waals surface area contributed by atoms with Crippen molar-refractivity contribution in [3.63, 3.8) is 0 Å². The third-order valence-electron chi connectivity index (χ3n) is 4.22. The molecule has 23 heavy (non-hydrogen) atoms. The molecule has 0 atom stereocenters. The van der Waals surface area contributed by atoms with Crippen LogP contribution < -0.4 is 4.90 Å². The van der Waals surface area contributed by atoms with Gasteiger partial charge in [-0.2, -0.15) is 0 Å². The second kappa shape index (κ2) is 6.77. The molecule has 1 heterocycles. The number of piperidine rings is 1. The summed E-state index contributed by atoms with van der Waals surface area (Å²) in [4.78, 5) is 14.7. The van der Waals surface area contributed by atoms with E-state index < -0.39 is 0 Å². The lowest BCUT2D eigenvalue weighted by molar-refractivity contribution is -0.119. The van der Waals surface area contributed by atoms with Crippen LogP contribution in [0.3, 0.4) is 0 Å². The summed E-state index contributed by atoms with van der Waals surface area (Å²) in [5, 5.41) is 0. The Morgan fingerprint density at radius 3 is 1.70 bits per heavy atom. The quantitative estimate of drug-likeness (QED) is 0.803. The Bertz CT molecular complexity index is 604. The molecular weight excluding hydrogens is 298 g/mol. The van der Waals surface area contributed by atoms with Gasteiger partial charge in [0.15, 0.2) is 0 Å². The lowest BCUT2D eigenvalue weighted by atomic mass is 10.0. The molecule has 0 unspecified atom stereocenters. The summed E-state index contributed by atoms with van der Waals surface area (Å²) in [5.41, 5.74) is 1.73. The van der Waals surface area contributed by atoms with Crippen LogP contribution in [-0.2, 0) is 4.79 Å². The van der Waals surface area contributed by atoms with Crippen molar-refractivity contribution < 1.29 is 13.6 Å². The van der Waals surface area contributed by atoms with Gasteiger partial charge in [0.1, 0.15) is 11.6 Å². The molecule has 1 fully saturated rings. The number of rotatable bonds is 4. The largest absolute Gasteiger partial charge is 0.345 e. The number of likely N-dealkylation sites (tertiary alicyclic amines) is 1. The number of benzene rings is 2. The fraction of sp³-hybridized carbons (Fsp3) is 0.278. The highest BCUT2D eigenvalue weighted by molar-refractivity contribution is 5.64. The smallest absolute Gasteiger partial charge is 0.209 e. The Balaban J connectivity index is 1.91. The zero-order valence-electron chi connectivity index (χ0n) is 12.7. The molecule has 0 saturated carbocycles. The molecular formula is C18H18F2N2O. The van der Waals surface area contributed by atoms with Crippen LogP contribution in [0, 0.1) is 11.6 Å². The van der Waals surface area contributed by atoms with Crippen LogP contribution in [0.2, 0.25) is 0 Å². The first kappa shape index (κ1) is 15.5. The van der Waals surface area contributed by atoms with Crippen LogP contribution in [0.5, 0.6) is 0 Å². The van der Waals surface area contributed by atoms with Gasteiger partial charge >= 0.3 is 0 Å². The van der Waals surface area contributed by atoms with Crippen molar-refractivity contribution in [3.8, 4) is 0 Å². The van der Waals surface area contributed by atoms with Crippen molar-refractivity contribution in [1.29, 1.82) is 0 Å². The van der Waals surface area contributed by atoms with E-state index in [0.29, 0.717) is 13.1 Å². The fourth-order valence-electron chi connectivity index (χ4n) is 3.02. The molecule has 0 bridgehead atoms. The zero-order valence-corrected chi connectivity index (χ0v) is 12.7. The fourth-order valence-corrected chi connectivity index (χ4v) is 3.02. The van der Waals surface area contributed by atoms with Gasteiger partial charge in [0.2, 0.25) is 6.41 Å². The van der Waals surface area contributed by atoms with E-state index in [2.05, 4.69) is 4.90 Å². The summed E-state index contributed by atoms with van der Waals surface area (Å²) in [6, 6.07) is 12.8. The summed E-state index contributed by atoms with van der Waals surface area (Å²) >= 11 is 0. The molecule has 0 spiro atoms. The third kappa shape index (κ3) is 3.50. The molecule has 1 amide bonds. The molecule has 3 rings (SSSR count). The van der Waals surface area contributed by atoms with Gasteiger partial charge in [-0.05, 0) is 61.4 Å². The predicted molar refractivity (Wildman–Crippen MR) is 85.6 cm³/mol. The summed E-state index contributed by atoms with van der Waals surface area (Å²) in [5.74, 6) is -0.577. The average Bonchev–Trinajstić information content (AvgIpc) is 2.59. The van der Waals surface area contributed by atoms with Gasteiger partial charge in [-0.3, -0.25) is 4.79 Å². The summed E-state index contributed by atoms with van der Waals surface area (Å²) in [6.07, 6.45) is 2.50. The molecule has 1 aliphatic heterocycles. The Hall–Kier alpha value is -2.43. The van der Waals surface area contributed by atoms with Crippen molar-refractivity contribution in [2.24, 2.45) is 0 Å². The number of nitrogens with zero attached hydrogens (tertiary/aromatic N) is 2. The van der Waals surface area contributed by atoms with Gasteiger partial charge in [-0.1, -0.05) is 0 Å². The first-order valence-electron chi connectivity index (χ1n) is 7.67. The first-order chi connectivity index (χ1) is 11.2. The van der Waals surface area contributed by atoms with Crippen molar-refractivity contribution in [1.82, 2.24) is 4.90 Å². The minimum Gasteiger partial charge on any atom is -0.345 e. The van der Waals surface area contributed by atoms with Crippen LogP contribution in [0.4, 0.5) is 20.2 Å². The molecule has 120 valence electrons. The number of hydrogen-bond acceptors (Lipinski definition) is 2. The maximum atomic E-state index is 13.2. The normalized spacial score (nSPS) is 15.5. The third-order valence-corrected chi connectivity index (χ3v) is 4.22. The molecule has 3 nitrogen and oxygen atoms in total. The van der Waals surface area contributed by atoms with Gasteiger partial charge in [-0.15, -0.1) is 0 Å². The van der Waals surface area contributed by atoms with Crippen LogP contribution in [0.25, 0.3) is 0 Å². The lowest BCUT2D eigenvalue weighted by Crippen LogP contribution is -2.42. The lowest BCUT2D eigenvalue weighted by Gasteiger charge is -2.38. The number of halogens is 2. The van der Waals surface area contributed by atoms with Crippen LogP contribution >= 0.6 is 0 Å². The number of carbonyl (C=O) groups is 1. The second-order valence-electron chi connectivity index (χ2n) is 5.70. The van der Waals surface area contributed by atoms with Crippen molar-refractivity contribution in [2.75, 3.05) is 18.0 Å². The predicted octanol–water partition coefficient (Wildman–Crippen LogP) is 3.72. The van der Waals surface area contributed by atoms with E-state index in [0.717, 1.165) is 30.6 Å². The zero-order chi connectivity index (χ0) is 16.2. The minimum atomic E-state index is -0.288. The topological polar surface area (TPSA) is 23.6 Å². The number of hydrogen-bond donors (Lipinski definition) is 0. The monoisotopic (exact) mass is 316 g/mol. The molecule has 0 aromatic heterocycles. The number of anilines is 2. The molecule has 0 N–H and O–H groups in total. The Morgan fingerprint density at radius 2 is 1.30 bits per heavy atom. The highest BCUT2D eigenvalue weighted by Crippen LogP contribution is 2.32. The maximum absolute atomic E-state index is 13.2. The van der Waals surface area contributed by atoms with Crippen LogP contribution in [0.15, 0.2) is 48.5 Å². The van der Waals surface area contributed by atoms with E-state index in [1.165, 1.54) is 24.3 Å². The Morgan fingerprint density at radius 1 is 0.870 bits per heavy atom. The first-order valence-corrected chi connectivity index (χ1v) is 7.67. The molecule has 0 radical (unpaired) electrons.